The van der Waals surface area contributed by atoms with Gasteiger partial charge in [-0.25, -0.2) is 9.37 Å². The molecule has 7 heteroatoms. The fourth-order valence-corrected chi connectivity index (χ4v) is 2.03. The van der Waals surface area contributed by atoms with Crippen LogP contribution in [0.1, 0.15) is 24.2 Å². The molecule has 1 heterocycles. The zero-order chi connectivity index (χ0) is 17.0. The largest absolute Gasteiger partial charge is 0.494 e. The van der Waals surface area contributed by atoms with Gasteiger partial charge in [-0.2, -0.15) is 0 Å². The molecule has 0 spiro atoms. The molecule has 1 aromatic carbocycles. The monoisotopic (exact) mass is 338 g/mol. The fraction of sp³-hybridized carbons (Fsp3) is 0.250. The number of hydrogen-bond donors (Lipinski definition) is 1. The smallest absolute Gasteiger partial charge is 0.257 e. The second-order valence-electron chi connectivity index (χ2n) is 4.98. The van der Waals surface area contributed by atoms with Crippen LogP contribution < -0.4 is 14.8 Å². The van der Waals surface area contributed by atoms with Crippen molar-refractivity contribution >= 4 is 23.2 Å². The van der Waals surface area contributed by atoms with Gasteiger partial charge in [0, 0.05) is 12.3 Å². The number of pyridine rings is 1. The molecule has 0 radical (unpaired) electrons. The maximum Gasteiger partial charge on any atom is 0.257 e. The molecule has 0 unspecified atom stereocenters. The van der Waals surface area contributed by atoms with Gasteiger partial charge in [0.25, 0.3) is 5.91 Å². The van der Waals surface area contributed by atoms with Gasteiger partial charge in [-0.15, -0.1) is 0 Å². The number of nitrogens with one attached hydrogen (secondary N) is 1. The van der Waals surface area contributed by atoms with E-state index in [0.29, 0.717) is 5.69 Å². The third-order valence-corrected chi connectivity index (χ3v) is 3.10. The molecule has 0 saturated carbocycles. The van der Waals surface area contributed by atoms with Crippen LogP contribution in [0.5, 0.6) is 11.6 Å². The number of rotatable bonds is 5. The van der Waals surface area contributed by atoms with Crippen molar-refractivity contribution in [2.75, 3.05) is 12.4 Å². The number of methoxy groups -OCH3 is 1. The predicted molar refractivity (Wildman–Crippen MR) is 85.9 cm³/mol. The molecule has 1 aromatic heterocycles. The van der Waals surface area contributed by atoms with Gasteiger partial charge in [0.05, 0.1) is 24.5 Å². The highest BCUT2D eigenvalue weighted by Crippen LogP contribution is 2.27. The van der Waals surface area contributed by atoms with Crippen molar-refractivity contribution in [3.05, 3.63) is 46.9 Å². The van der Waals surface area contributed by atoms with Crippen molar-refractivity contribution in [2.45, 2.75) is 20.0 Å². The summed E-state index contributed by atoms with van der Waals surface area (Å²) in [5, 5.41) is 2.86. The molecule has 2 rings (SSSR count). The molecule has 1 N–H and O–H groups in total. The quantitative estimate of drug-likeness (QED) is 0.897. The number of ether oxygens (including phenoxy) is 2. The minimum atomic E-state index is -0.459. The second-order valence-corrected chi connectivity index (χ2v) is 5.38. The number of anilines is 1. The van der Waals surface area contributed by atoms with Crippen LogP contribution in [0.15, 0.2) is 30.5 Å². The predicted octanol–water partition coefficient (Wildman–Crippen LogP) is 3.92. The number of carbonyl (C=O) groups is 1. The second kappa shape index (κ2) is 7.28. The van der Waals surface area contributed by atoms with Crippen molar-refractivity contribution < 1.29 is 18.7 Å². The van der Waals surface area contributed by atoms with Gasteiger partial charge < -0.3 is 14.8 Å². The van der Waals surface area contributed by atoms with Crippen molar-refractivity contribution in [3.63, 3.8) is 0 Å². The summed E-state index contributed by atoms with van der Waals surface area (Å²) in [6.45, 7) is 3.69. The summed E-state index contributed by atoms with van der Waals surface area (Å²) in [7, 11) is 1.39. The summed E-state index contributed by atoms with van der Waals surface area (Å²) in [6.07, 6.45) is 1.28. The zero-order valence-corrected chi connectivity index (χ0v) is 13.6. The van der Waals surface area contributed by atoms with Gasteiger partial charge in [-0.1, -0.05) is 11.6 Å². The average molecular weight is 339 g/mol. The van der Waals surface area contributed by atoms with Crippen molar-refractivity contribution in [1.82, 2.24) is 4.98 Å². The first-order valence-electron chi connectivity index (χ1n) is 6.87. The standard InChI is InChI=1S/C16H16ClFN2O3/c1-9(2)23-16-12(17)6-10(8-19-16)15(21)20-13-5-4-11(18)7-14(13)22-3/h4-9H,1-3H3,(H,20,21). The topological polar surface area (TPSA) is 60.5 Å². The minimum absolute atomic E-state index is 0.0804. The number of aromatic nitrogens is 1. The third-order valence-electron chi connectivity index (χ3n) is 2.83. The number of nitrogens with zero attached hydrogens (tertiary/aromatic N) is 1. The summed E-state index contributed by atoms with van der Waals surface area (Å²) in [5.74, 6) is -0.421. The Kier molecular flexibility index (Phi) is 5.39. The summed E-state index contributed by atoms with van der Waals surface area (Å²) < 4.78 is 23.6. The molecule has 0 aliphatic heterocycles. The lowest BCUT2D eigenvalue weighted by molar-refractivity contribution is 0.102. The van der Waals surface area contributed by atoms with Gasteiger partial charge in [-0.05, 0) is 32.0 Å². The first kappa shape index (κ1) is 17.0. The molecule has 2 aromatic rings. The highest BCUT2D eigenvalue weighted by Gasteiger charge is 2.14. The summed E-state index contributed by atoms with van der Waals surface area (Å²) in [4.78, 5) is 16.3. The lowest BCUT2D eigenvalue weighted by Gasteiger charge is -2.12. The summed E-state index contributed by atoms with van der Waals surface area (Å²) in [5.41, 5.74) is 0.593. The SMILES string of the molecule is COc1cc(F)ccc1NC(=O)c1cnc(OC(C)C)c(Cl)c1. The van der Waals surface area contributed by atoms with E-state index >= 15 is 0 Å². The highest BCUT2D eigenvalue weighted by atomic mass is 35.5. The molecule has 0 aliphatic carbocycles. The van der Waals surface area contributed by atoms with E-state index in [0.717, 1.165) is 0 Å². The average Bonchev–Trinajstić information content (AvgIpc) is 2.50. The van der Waals surface area contributed by atoms with Gasteiger partial charge >= 0.3 is 0 Å². The van der Waals surface area contributed by atoms with E-state index in [2.05, 4.69) is 10.3 Å². The number of amides is 1. The van der Waals surface area contributed by atoms with Crippen molar-refractivity contribution in [2.24, 2.45) is 0 Å². The highest BCUT2D eigenvalue weighted by molar-refractivity contribution is 6.32. The molecular formula is C16H16ClFN2O3. The molecule has 0 atom stereocenters. The lowest BCUT2D eigenvalue weighted by atomic mass is 10.2. The summed E-state index contributed by atoms with van der Waals surface area (Å²) >= 11 is 6.06. The number of benzene rings is 1. The van der Waals surface area contributed by atoms with E-state index in [1.165, 1.54) is 37.6 Å². The Morgan fingerprint density at radius 1 is 1.35 bits per heavy atom. The molecular weight excluding hydrogens is 323 g/mol. The van der Waals surface area contributed by atoms with E-state index in [-0.39, 0.29) is 28.3 Å². The molecule has 0 saturated heterocycles. The maximum atomic E-state index is 13.2. The van der Waals surface area contributed by atoms with Gasteiger partial charge in [-0.3, -0.25) is 4.79 Å². The van der Waals surface area contributed by atoms with Crippen molar-refractivity contribution in [3.8, 4) is 11.6 Å². The Labute approximate surface area is 138 Å². The van der Waals surface area contributed by atoms with E-state index < -0.39 is 11.7 Å². The Morgan fingerprint density at radius 3 is 2.70 bits per heavy atom. The van der Waals surface area contributed by atoms with Gasteiger partial charge in [0.2, 0.25) is 5.88 Å². The Morgan fingerprint density at radius 2 is 2.09 bits per heavy atom. The van der Waals surface area contributed by atoms with Crippen LogP contribution in [0.4, 0.5) is 10.1 Å². The molecule has 0 bridgehead atoms. The third kappa shape index (κ3) is 4.32. The summed E-state index contributed by atoms with van der Waals surface area (Å²) in [6, 6.07) is 5.28. The van der Waals surface area contributed by atoms with Gasteiger partial charge in [0.1, 0.15) is 16.6 Å². The molecule has 0 fully saturated rings. The van der Waals surface area contributed by atoms with Crippen LogP contribution in [0, 0.1) is 5.82 Å². The van der Waals surface area contributed by atoms with E-state index in [4.69, 9.17) is 21.1 Å². The first-order chi connectivity index (χ1) is 10.9. The molecule has 0 aliphatic rings. The van der Waals surface area contributed by atoms with E-state index in [1.807, 2.05) is 13.8 Å². The first-order valence-corrected chi connectivity index (χ1v) is 7.25. The molecule has 122 valence electrons. The molecule has 23 heavy (non-hydrogen) atoms. The van der Waals surface area contributed by atoms with Crippen LogP contribution in [-0.4, -0.2) is 24.1 Å². The zero-order valence-electron chi connectivity index (χ0n) is 12.9. The van der Waals surface area contributed by atoms with Crippen LogP contribution in [-0.2, 0) is 0 Å². The fourth-order valence-electron chi connectivity index (χ4n) is 1.82. The van der Waals surface area contributed by atoms with Crippen LogP contribution in [0.3, 0.4) is 0 Å². The van der Waals surface area contributed by atoms with E-state index in [9.17, 15) is 9.18 Å². The minimum Gasteiger partial charge on any atom is -0.494 e. The lowest BCUT2D eigenvalue weighted by Crippen LogP contribution is -2.14. The van der Waals surface area contributed by atoms with Gasteiger partial charge in [0.15, 0.2) is 0 Å². The number of halogens is 2. The van der Waals surface area contributed by atoms with Crippen LogP contribution >= 0.6 is 11.6 Å². The Balaban J connectivity index is 2.20. The van der Waals surface area contributed by atoms with Crippen LogP contribution in [0.25, 0.3) is 0 Å². The Hall–Kier alpha value is -2.34. The normalized spacial score (nSPS) is 10.5. The van der Waals surface area contributed by atoms with Crippen LogP contribution in [0.2, 0.25) is 5.02 Å². The maximum absolute atomic E-state index is 13.2. The molecule has 1 amide bonds. The van der Waals surface area contributed by atoms with Crippen molar-refractivity contribution in [1.29, 1.82) is 0 Å². The number of carbonyl (C=O) groups excluding carboxylic acids is 1. The van der Waals surface area contributed by atoms with E-state index in [1.54, 1.807) is 0 Å². The number of hydrogen-bond acceptors (Lipinski definition) is 4. The molecule has 5 nitrogen and oxygen atoms in total. The Bertz CT molecular complexity index is 722.